The SMILES string of the molecule is CCN(CC1CCOCO1)C1CCCC1CN. The van der Waals surface area contributed by atoms with Gasteiger partial charge in [0.1, 0.15) is 6.79 Å². The number of hydrogen-bond acceptors (Lipinski definition) is 4. The molecule has 2 aliphatic rings. The Kier molecular flexibility index (Phi) is 5.22. The third kappa shape index (κ3) is 3.41. The lowest BCUT2D eigenvalue weighted by molar-refractivity contribution is -0.146. The van der Waals surface area contributed by atoms with Crippen LogP contribution in [0.5, 0.6) is 0 Å². The van der Waals surface area contributed by atoms with E-state index in [4.69, 9.17) is 15.2 Å². The molecule has 2 N–H and O–H groups in total. The summed E-state index contributed by atoms with van der Waals surface area (Å²) in [5, 5.41) is 0. The van der Waals surface area contributed by atoms with Gasteiger partial charge in [0.2, 0.25) is 0 Å². The molecule has 17 heavy (non-hydrogen) atoms. The van der Waals surface area contributed by atoms with E-state index in [1.165, 1.54) is 19.3 Å². The first-order chi connectivity index (χ1) is 8.35. The van der Waals surface area contributed by atoms with E-state index in [0.29, 0.717) is 24.9 Å². The molecule has 3 atom stereocenters. The van der Waals surface area contributed by atoms with Gasteiger partial charge in [-0.25, -0.2) is 0 Å². The molecule has 0 bridgehead atoms. The first kappa shape index (κ1) is 13.3. The lowest BCUT2D eigenvalue weighted by Crippen LogP contribution is -2.45. The normalized spacial score (nSPS) is 34.4. The van der Waals surface area contributed by atoms with Crippen molar-refractivity contribution in [3.05, 3.63) is 0 Å². The van der Waals surface area contributed by atoms with Crippen molar-refractivity contribution in [2.75, 3.05) is 33.0 Å². The molecule has 1 saturated heterocycles. The molecular formula is C13H26N2O2. The van der Waals surface area contributed by atoms with Crippen LogP contribution in [0.15, 0.2) is 0 Å². The van der Waals surface area contributed by atoms with Gasteiger partial charge in [-0.05, 0) is 38.3 Å². The lowest BCUT2D eigenvalue weighted by Gasteiger charge is -2.35. The van der Waals surface area contributed by atoms with E-state index in [0.717, 1.165) is 32.7 Å². The van der Waals surface area contributed by atoms with Gasteiger partial charge in [0.15, 0.2) is 0 Å². The molecule has 1 heterocycles. The van der Waals surface area contributed by atoms with Crippen molar-refractivity contribution in [1.82, 2.24) is 4.90 Å². The van der Waals surface area contributed by atoms with Gasteiger partial charge < -0.3 is 15.2 Å². The summed E-state index contributed by atoms with van der Waals surface area (Å²) < 4.78 is 10.9. The fraction of sp³-hybridized carbons (Fsp3) is 1.00. The molecule has 1 aliphatic carbocycles. The maximum atomic E-state index is 5.87. The highest BCUT2D eigenvalue weighted by Gasteiger charge is 2.31. The fourth-order valence-electron chi connectivity index (χ4n) is 3.18. The number of nitrogens with zero attached hydrogens (tertiary/aromatic N) is 1. The lowest BCUT2D eigenvalue weighted by atomic mass is 10.0. The number of hydrogen-bond donors (Lipinski definition) is 1. The van der Waals surface area contributed by atoms with Crippen LogP contribution >= 0.6 is 0 Å². The molecule has 3 unspecified atom stereocenters. The Morgan fingerprint density at radius 3 is 2.82 bits per heavy atom. The second-order valence-electron chi connectivity index (χ2n) is 5.19. The zero-order chi connectivity index (χ0) is 12.1. The van der Waals surface area contributed by atoms with Gasteiger partial charge in [-0.1, -0.05) is 13.3 Å². The summed E-state index contributed by atoms with van der Waals surface area (Å²) in [6.45, 7) is 6.52. The maximum Gasteiger partial charge on any atom is 0.147 e. The van der Waals surface area contributed by atoms with Crippen molar-refractivity contribution in [2.24, 2.45) is 11.7 Å². The quantitative estimate of drug-likeness (QED) is 0.787. The Hall–Kier alpha value is -0.160. The van der Waals surface area contributed by atoms with Gasteiger partial charge in [0.25, 0.3) is 0 Å². The van der Waals surface area contributed by atoms with Gasteiger partial charge in [-0.2, -0.15) is 0 Å². The molecule has 2 rings (SSSR count). The maximum absolute atomic E-state index is 5.87. The fourth-order valence-corrected chi connectivity index (χ4v) is 3.18. The van der Waals surface area contributed by atoms with Crippen molar-refractivity contribution in [3.63, 3.8) is 0 Å². The summed E-state index contributed by atoms with van der Waals surface area (Å²) in [7, 11) is 0. The second kappa shape index (κ2) is 6.69. The second-order valence-corrected chi connectivity index (χ2v) is 5.19. The molecule has 0 radical (unpaired) electrons. The average molecular weight is 242 g/mol. The average Bonchev–Trinajstić information content (AvgIpc) is 2.85. The highest BCUT2D eigenvalue weighted by atomic mass is 16.7. The van der Waals surface area contributed by atoms with Gasteiger partial charge in [-0.3, -0.25) is 4.90 Å². The van der Waals surface area contributed by atoms with Gasteiger partial charge >= 0.3 is 0 Å². The van der Waals surface area contributed by atoms with Crippen LogP contribution in [0.2, 0.25) is 0 Å². The van der Waals surface area contributed by atoms with Gasteiger partial charge in [0.05, 0.1) is 12.7 Å². The summed E-state index contributed by atoms with van der Waals surface area (Å²) >= 11 is 0. The molecule has 0 spiro atoms. The zero-order valence-corrected chi connectivity index (χ0v) is 10.9. The highest BCUT2D eigenvalue weighted by molar-refractivity contribution is 4.86. The van der Waals surface area contributed by atoms with Crippen LogP contribution in [-0.4, -0.2) is 50.1 Å². The predicted molar refractivity (Wildman–Crippen MR) is 67.7 cm³/mol. The molecular weight excluding hydrogens is 216 g/mol. The van der Waals surface area contributed by atoms with Crippen molar-refractivity contribution < 1.29 is 9.47 Å². The topological polar surface area (TPSA) is 47.7 Å². The van der Waals surface area contributed by atoms with Crippen LogP contribution in [0.3, 0.4) is 0 Å². The highest BCUT2D eigenvalue weighted by Crippen LogP contribution is 2.29. The van der Waals surface area contributed by atoms with Crippen LogP contribution in [0.25, 0.3) is 0 Å². The largest absolute Gasteiger partial charge is 0.355 e. The molecule has 1 aliphatic heterocycles. The molecule has 0 aromatic heterocycles. The van der Waals surface area contributed by atoms with Crippen LogP contribution in [0, 0.1) is 5.92 Å². The summed E-state index contributed by atoms with van der Waals surface area (Å²) in [5.74, 6) is 0.690. The predicted octanol–water partition coefficient (Wildman–Crippen LogP) is 1.20. The molecule has 0 amide bonds. The molecule has 4 heteroatoms. The molecule has 4 nitrogen and oxygen atoms in total. The summed E-state index contributed by atoms with van der Waals surface area (Å²) in [5.41, 5.74) is 5.87. The monoisotopic (exact) mass is 242 g/mol. The van der Waals surface area contributed by atoms with Gasteiger partial charge in [-0.15, -0.1) is 0 Å². The molecule has 0 aromatic rings. The van der Waals surface area contributed by atoms with Crippen molar-refractivity contribution >= 4 is 0 Å². The van der Waals surface area contributed by atoms with Crippen molar-refractivity contribution in [2.45, 2.75) is 44.8 Å². The smallest absolute Gasteiger partial charge is 0.147 e. The first-order valence-corrected chi connectivity index (χ1v) is 6.98. The number of ether oxygens (including phenoxy) is 2. The van der Waals surface area contributed by atoms with E-state index >= 15 is 0 Å². The van der Waals surface area contributed by atoms with E-state index in [-0.39, 0.29) is 0 Å². The minimum Gasteiger partial charge on any atom is -0.355 e. The molecule has 100 valence electrons. The summed E-state index contributed by atoms with van der Waals surface area (Å²) in [4.78, 5) is 2.57. The Labute approximate surface area is 104 Å². The van der Waals surface area contributed by atoms with E-state index in [2.05, 4.69) is 11.8 Å². The van der Waals surface area contributed by atoms with Crippen LogP contribution in [0.1, 0.15) is 32.6 Å². The third-order valence-corrected chi connectivity index (χ3v) is 4.21. The van der Waals surface area contributed by atoms with E-state index in [1.54, 1.807) is 0 Å². The van der Waals surface area contributed by atoms with Gasteiger partial charge in [0, 0.05) is 12.6 Å². The number of nitrogens with two attached hydrogens (primary N) is 1. The van der Waals surface area contributed by atoms with E-state index < -0.39 is 0 Å². The Balaban J connectivity index is 1.86. The molecule has 0 aromatic carbocycles. The van der Waals surface area contributed by atoms with E-state index in [1.807, 2.05) is 0 Å². The van der Waals surface area contributed by atoms with Crippen molar-refractivity contribution in [3.8, 4) is 0 Å². The van der Waals surface area contributed by atoms with Crippen molar-refractivity contribution in [1.29, 1.82) is 0 Å². The number of rotatable bonds is 5. The van der Waals surface area contributed by atoms with E-state index in [9.17, 15) is 0 Å². The summed E-state index contributed by atoms with van der Waals surface area (Å²) in [6.07, 6.45) is 5.31. The molecule has 1 saturated carbocycles. The zero-order valence-electron chi connectivity index (χ0n) is 10.9. The standard InChI is InChI=1S/C13H26N2O2/c1-2-15(9-12-6-7-16-10-17-12)13-5-3-4-11(13)8-14/h11-13H,2-10,14H2,1H3. The van der Waals surface area contributed by atoms with Crippen LogP contribution in [-0.2, 0) is 9.47 Å². The Bertz CT molecular complexity index is 219. The van der Waals surface area contributed by atoms with Crippen LogP contribution < -0.4 is 5.73 Å². The Morgan fingerprint density at radius 1 is 1.29 bits per heavy atom. The summed E-state index contributed by atoms with van der Waals surface area (Å²) in [6, 6.07) is 0.677. The molecule has 2 fully saturated rings. The first-order valence-electron chi connectivity index (χ1n) is 6.98. The Morgan fingerprint density at radius 2 is 2.18 bits per heavy atom. The minimum absolute atomic E-state index is 0.350. The number of likely N-dealkylation sites (N-methyl/N-ethyl adjacent to an activating group) is 1. The third-order valence-electron chi connectivity index (χ3n) is 4.21. The minimum atomic E-state index is 0.350. The van der Waals surface area contributed by atoms with Crippen LogP contribution in [0.4, 0.5) is 0 Å².